The largest absolute Gasteiger partial charge is 0.352 e. The predicted molar refractivity (Wildman–Crippen MR) is 166 cm³/mol. The first-order valence-corrected chi connectivity index (χ1v) is 15.7. The number of nitrogens with zero attached hydrogens (tertiary/aromatic N) is 2. The molecular weight excluding hydrogens is 584 g/mol. The highest BCUT2D eigenvalue weighted by atomic mass is 32.2. The Kier molecular flexibility index (Phi) is 10.8. The predicted octanol–water partition coefficient (Wildman–Crippen LogP) is 5.71. The summed E-state index contributed by atoms with van der Waals surface area (Å²) in [6, 6.07) is 26.1. The highest BCUT2D eigenvalue weighted by Crippen LogP contribution is 2.27. The van der Waals surface area contributed by atoms with Crippen LogP contribution in [0.3, 0.4) is 0 Å². The van der Waals surface area contributed by atoms with Crippen molar-refractivity contribution >= 4 is 27.5 Å². The smallest absolute Gasteiger partial charge is 0.264 e. The van der Waals surface area contributed by atoms with Gasteiger partial charge in [0, 0.05) is 19.0 Å². The van der Waals surface area contributed by atoms with Crippen LogP contribution in [-0.2, 0) is 32.6 Å². The fourth-order valence-electron chi connectivity index (χ4n) is 4.67. The molecule has 0 radical (unpaired) electrons. The van der Waals surface area contributed by atoms with Crippen molar-refractivity contribution in [3.63, 3.8) is 0 Å². The number of carbonyl (C=O) groups excluding carboxylic acids is 2. The molecule has 2 atom stereocenters. The lowest BCUT2D eigenvalue weighted by Gasteiger charge is -2.34. The number of hydrogen-bond acceptors (Lipinski definition) is 4. The van der Waals surface area contributed by atoms with Crippen molar-refractivity contribution in [3.8, 4) is 0 Å². The van der Waals surface area contributed by atoms with Crippen molar-refractivity contribution in [1.29, 1.82) is 0 Å². The Bertz CT molecular complexity index is 1650. The maximum Gasteiger partial charge on any atom is 0.264 e. The van der Waals surface area contributed by atoms with Gasteiger partial charge in [0.2, 0.25) is 11.8 Å². The van der Waals surface area contributed by atoms with E-state index in [0.717, 1.165) is 15.9 Å². The number of nitrogens with one attached hydrogen (secondary N) is 1. The van der Waals surface area contributed by atoms with Crippen LogP contribution in [-0.4, -0.2) is 43.8 Å². The molecule has 1 N–H and O–H groups in total. The number of benzene rings is 4. The van der Waals surface area contributed by atoms with Crippen LogP contribution < -0.4 is 9.62 Å². The van der Waals surface area contributed by atoms with Gasteiger partial charge in [-0.05, 0) is 60.9 Å². The van der Waals surface area contributed by atoms with Crippen LogP contribution in [0.25, 0.3) is 0 Å². The van der Waals surface area contributed by atoms with Crippen molar-refractivity contribution in [2.45, 2.75) is 50.2 Å². The first-order valence-electron chi connectivity index (χ1n) is 14.3. The molecule has 2 unspecified atom stereocenters. The normalized spacial score (nSPS) is 12.6. The van der Waals surface area contributed by atoms with Crippen molar-refractivity contribution in [2.24, 2.45) is 0 Å². The number of para-hydroxylation sites is 1. The number of carbonyl (C=O) groups is 2. The second-order valence-corrected chi connectivity index (χ2v) is 12.3. The summed E-state index contributed by atoms with van der Waals surface area (Å²) in [5.74, 6) is -2.47. The van der Waals surface area contributed by atoms with Crippen LogP contribution in [0.2, 0.25) is 0 Å². The molecule has 0 saturated heterocycles. The third kappa shape index (κ3) is 8.08. The summed E-state index contributed by atoms with van der Waals surface area (Å²) >= 11 is 0. The average molecular weight is 620 g/mol. The summed E-state index contributed by atoms with van der Waals surface area (Å²) in [6.45, 7) is 2.84. The molecule has 4 aromatic carbocycles. The van der Waals surface area contributed by atoms with E-state index in [1.54, 1.807) is 6.07 Å². The molecule has 4 rings (SSSR count). The van der Waals surface area contributed by atoms with Crippen LogP contribution in [0.4, 0.5) is 14.5 Å². The average Bonchev–Trinajstić information content (AvgIpc) is 3.03. The molecule has 2 amide bonds. The quantitative estimate of drug-likeness (QED) is 0.208. The zero-order valence-electron chi connectivity index (χ0n) is 24.6. The fourth-order valence-corrected chi connectivity index (χ4v) is 6.11. The van der Waals surface area contributed by atoms with E-state index in [4.69, 9.17) is 0 Å². The van der Waals surface area contributed by atoms with Crippen LogP contribution in [0.5, 0.6) is 0 Å². The molecule has 0 fully saturated rings. The van der Waals surface area contributed by atoms with Crippen molar-refractivity contribution in [1.82, 2.24) is 10.2 Å². The van der Waals surface area contributed by atoms with Gasteiger partial charge in [-0.25, -0.2) is 17.2 Å². The van der Waals surface area contributed by atoms with Crippen LogP contribution in [0.15, 0.2) is 114 Å². The van der Waals surface area contributed by atoms with Gasteiger partial charge < -0.3 is 10.2 Å². The van der Waals surface area contributed by atoms with E-state index >= 15 is 4.39 Å². The maximum atomic E-state index is 15.1. The molecule has 0 aliphatic carbocycles. The summed E-state index contributed by atoms with van der Waals surface area (Å²) in [5, 5.41) is 2.95. The molecule has 0 saturated carbocycles. The summed E-state index contributed by atoms with van der Waals surface area (Å²) in [5.41, 5.74) is 0.990. The monoisotopic (exact) mass is 619 g/mol. The Morgan fingerprint density at radius 1 is 0.795 bits per heavy atom. The Balaban J connectivity index is 1.81. The molecule has 7 nitrogen and oxygen atoms in total. The van der Waals surface area contributed by atoms with Gasteiger partial charge in [0.25, 0.3) is 10.0 Å². The molecule has 10 heteroatoms. The molecule has 0 aromatic heterocycles. The Labute approximate surface area is 257 Å². The summed E-state index contributed by atoms with van der Waals surface area (Å²) in [4.78, 5) is 29.3. The zero-order valence-corrected chi connectivity index (χ0v) is 25.4. The minimum absolute atomic E-state index is 0.124. The minimum atomic E-state index is -4.42. The lowest BCUT2D eigenvalue weighted by Crippen LogP contribution is -2.54. The topological polar surface area (TPSA) is 86.8 Å². The molecule has 0 aliphatic rings. The van der Waals surface area contributed by atoms with Crippen molar-refractivity contribution < 1.29 is 26.8 Å². The Hall–Kier alpha value is -4.57. The summed E-state index contributed by atoms with van der Waals surface area (Å²) < 4.78 is 57.4. The summed E-state index contributed by atoms with van der Waals surface area (Å²) in [6.07, 6.45) is 0.771. The Morgan fingerprint density at radius 3 is 2.00 bits per heavy atom. The second kappa shape index (κ2) is 14.7. The molecule has 0 heterocycles. The summed E-state index contributed by atoms with van der Waals surface area (Å²) in [7, 11) is -4.42. The van der Waals surface area contributed by atoms with Gasteiger partial charge in [0.15, 0.2) is 0 Å². The number of sulfonamides is 1. The Morgan fingerprint density at radius 2 is 1.39 bits per heavy atom. The zero-order chi connectivity index (χ0) is 31.7. The van der Waals surface area contributed by atoms with E-state index in [-0.39, 0.29) is 29.6 Å². The highest BCUT2D eigenvalue weighted by molar-refractivity contribution is 7.92. The molecule has 44 heavy (non-hydrogen) atoms. The van der Waals surface area contributed by atoms with Gasteiger partial charge >= 0.3 is 0 Å². The number of anilines is 1. The number of halogens is 2. The first kappa shape index (κ1) is 32.3. The van der Waals surface area contributed by atoms with E-state index in [2.05, 4.69) is 5.32 Å². The van der Waals surface area contributed by atoms with E-state index < -0.39 is 46.1 Å². The van der Waals surface area contributed by atoms with Crippen LogP contribution >= 0.6 is 0 Å². The second-order valence-electron chi connectivity index (χ2n) is 10.4. The lowest BCUT2D eigenvalue weighted by atomic mass is 10.0. The van der Waals surface area contributed by atoms with Crippen molar-refractivity contribution in [2.75, 3.05) is 10.8 Å². The van der Waals surface area contributed by atoms with Gasteiger partial charge in [-0.3, -0.25) is 13.9 Å². The SMILES string of the molecule is CCC(C)NC(=O)C(Cc1ccccc1)N(Cc1ccc(F)cc1)C(=O)CN(c1ccccc1F)S(=O)(=O)c1ccccc1. The third-order valence-electron chi connectivity index (χ3n) is 7.27. The third-order valence-corrected chi connectivity index (χ3v) is 9.04. The van der Waals surface area contributed by atoms with E-state index in [1.165, 1.54) is 71.6 Å². The van der Waals surface area contributed by atoms with Crippen LogP contribution in [0, 0.1) is 11.6 Å². The van der Waals surface area contributed by atoms with Gasteiger partial charge in [-0.15, -0.1) is 0 Å². The number of hydrogen-bond donors (Lipinski definition) is 1. The van der Waals surface area contributed by atoms with Gasteiger partial charge in [-0.2, -0.15) is 0 Å². The van der Waals surface area contributed by atoms with Gasteiger partial charge in [-0.1, -0.05) is 79.7 Å². The standard InChI is InChI=1S/C34H35F2N3O4S/c1-3-25(2)37-34(41)32(22-26-12-6-4-7-13-26)38(23-27-18-20-28(35)21-19-27)33(40)24-39(31-17-11-10-16-30(31)36)44(42,43)29-14-8-5-9-15-29/h4-21,25,32H,3,22-24H2,1-2H3,(H,37,41). The number of rotatable bonds is 13. The molecule has 0 bridgehead atoms. The van der Waals surface area contributed by atoms with E-state index in [1.807, 2.05) is 44.2 Å². The minimum Gasteiger partial charge on any atom is -0.352 e. The highest BCUT2D eigenvalue weighted by Gasteiger charge is 2.35. The van der Waals surface area contributed by atoms with E-state index in [9.17, 15) is 22.4 Å². The molecule has 0 spiro atoms. The molecule has 230 valence electrons. The van der Waals surface area contributed by atoms with Crippen LogP contribution in [0.1, 0.15) is 31.4 Å². The van der Waals surface area contributed by atoms with Crippen molar-refractivity contribution in [3.05, 3.63) is 132 Å². The lowest BCUT2D eigenvalue weighted by molar-refractivity contribution is -0.140. The van der Waals surface area contributed by atoms with Gasteiger partial charge in [0.1, 0.15) is 24.2 Å². The maximum absolute atomic E-state index is 15.1. The number of amides is 2. The van der Waals surface area contributed by atoms with Gasteiger partial charge in [0.05, 0.1) is 10.6 Å². The first-order chi connectivity index (χ1) is 21.1. The molecule has 4 aromatic rings. The van der Waals surface area contributed by atoms with E-state index in [0.29, 0.717) is 12.0 Å². The molecule has 0 aliphatic heterocycles. The fraction of sp³-hybridized carbons (Fsp3) is 0.235. The molecular formula is C34H35F2N3O4S.